The van der Waals surface area contributed by atoms with Crippen molar-refractivity contribution in [1.29, 1.82) is 0 Å². The van der Waals surface area contributed by atoms with Gasteiger partial charge in [0.2, 0.25) is 5.91 Å². The lowest BCUT2D eigenvalue weighted by atomic mass is 10.0. The van der Waals surface area contributed by atoms with E-state index in [-0.39, 0.29) is 35.8 Å². The van der Waals surface area contributed by atoms with Crippen molar-refractivity contribution in [3.63, 3.8) is 0 Å². The minimum Gasteiger partial charge on any atom is -0.492 e. The molecule has 34 heavy (non-hydrogen) atoms. The summed E-state index contributed by atoms with van der Waals surface area (Å²) < 4.78 is 19.6. The second-order valence-electron chi connectivity index (χ2n) is 9.57. The number of carbonyl (C=O) groups is 2. The third-order valence-corrected chi connectivity index (χ3v) is 7.33. The maximum Gasteiger partial charge on any atom is 0.254 e. The number of likely N-dealkylation sites (tertiary alicyclic amines) is 2. The molecule has 2 amide bonds. The molecule has 6 nitrogen and oxygen atoms in total. The average Bonchev–Trinajstić information content (AvgIpc) is 3.44. The first-order valence-electron chi connectivity index (χ1n) is 12.4. The highest BCUT2D eigenvalue weighted by Crippen LogP contribution is 2.40. The van der Waals surface area contributed by atoms with E-state index in [2.05, 4.69) is 10.2 Å². The van der Waals surface area contributed by atoms with E-state index in [0.717, 1.165) is 38.0 Å². The van der Waals surface area contributed by atoms with E-state index in [1.165, 1.54) is 25.0 Å². The molecular weight excluding hydrogens is 433 g/mol. The van der Waals surface area contributed by atoms with Gasteiger partial charge >= 0.3 is 0 Å². The van der Waals surface area contributed by atoms with Crippen LogP contribution in [0, 0.1) is 5.82 Å². The molecule has 3 aliphatic heterocycles. The summed E-state index contributed by atoms with van der Waals surface area (Å²) in [4.78, 5) is 30.4. The van der Waals surface area contributed by atoms with Gasteiger partial charge in [0, 0.05) is 18.5 Å². The predicted octanol–water partition coefficient (Wildman–Crippen LogP) is 3.92. The van der Waals surface area contributed by atoms with Crippen LogP contribution in [-0.2, 0) is 4.79 Å². The van der Waals surface area contributed by atoms with Crippen molar-refractivity contribution in [3.8, 4) is 5.75 Å². The van der Waals surface area contributed by atoms with Crippen molar-refractivity contribution in [2.45, 2.75) is 56.7 Å². The van der Waals surface area contributed by atoms with Crippen LogP contribution in [0.1, 0.15) is 60.5 Å². The summed E-state index contributed by atoms with van der Waals surface area (Å²) in [5.74, 6) is 0.338. The molecule has 0 saturated carbocycles. The number of hydrogen-bond donors (Lipinski definition) is 1. The highest BCUT2D eigenvalue weighted by molar-refractivity contribution is 5.95. The maximum absolute atomic E-state index is 13.9. The molecule has 0 aromatic heterocycles. The zero-order valence-corrected chi connectivity index (χ0v) is 19.4. The first kappa shape index (κ1) is 22.8. The maximum atomic E-state index is 13.9. The highest BCUT2D eigenvalue weighted by Gasteiger charge is 2.45. The number of nitrogens with zero attached hydrogens (tertiary/aromatic N) is 2. The van der Waals surface area contributed by atoms with Gasteiger partial charge in [-0.05, 0) is 81.1 Å². The normalized spacial score (nSPS) is 25.0. The van der Waals surface area contributed by atoms with Crippen molar-refractivity contribution in [2.24, 2.45) is 0 Å². The minimum atomic E-state index is -0.305. The molecule has 3 atom stereocenters. The number of hydrogen-bond acceptors (Lipinski definition) is 4. The standard InChI is InChI=1S/C27H32FN3O3/c28-21-11-9-19(10-12-21)25-18-23-24(7-4-8-26(32)29-23)31(25)27(33)20-5-3-6-22(17-20)34-16-15-30-13-1-2-14-30/h3,5-6,9-12,17,23-25H,1-2,4,7-8,13-16,18H2,(H,29,32)/t23-,24+,25+/m1/s1. The number of halogens is 1. The summed E-state index contributed by atoms with van der Waals surface area (Å²) in [5.41, 5.74) is 1.46. The van der Waals surface area contributed by atoms with E-state index in [0.29, 0.717) is 30.8 Å². The molecule has 0 aliphatic carbocycles. The Morgan fingerprint density at radius 1 is 1.09 bits per heavy atom. The second-order valence-corrected chi connectivity index (χ2v) is 9.57. The molecule has 3 saturated heterocycles. The Balaban J connectivity index is 1.36. The lowest BCUT2D eigenvalue weighted by Gasteiger charge is -2.31. The summed E-state index contributed by atoms with van der Waals surface area (Å²) in [6.45, 7) is 3.73. The van der Waals surface area contributed by atoms with Gasteiger partial charge in [-0.1, -0.05) is 18.2 Å². The summed E-state index contributed by atoms with van der Waals surface area (Å²) in [6.07, 6.45) is 5.11. The molecule has 180 valence electrons. The van der Waals surface area contributed by atoms with Crippen LogP contribution < -0.4 is 10.1 Å². The smallest absolute Gasteiger partial charge is 0.254 e. The fourth-order valence-electron chi connectivity index (χ4n) is 5.62. The lowest BCUT2D eigenvalue weighted by Crippen LogP contribution is -2.45. The second kappa shape index (κ2) is 10.1. The van der Waals surface area contributed by atoms with Crippen LogP contribution in [0.4, 0.5) is 4.39 Å². The van der Waals surface area contributed by atoms with E-state index in [1.807, 2.05) is 29.2 Å². The molecule has 3 aliphatic rings. The Hall–Kier alpha value is -2.93. The fourth-order valence-corrected chi connectivity index (χ4v) is 5.62. The Bertz CT molecular complexity index is 1020. The number of fused-ring (bicyclic) bond motifs is 1. The van der Waals surface area contributed by atoms with Gasteiger partial charge in [-0.25, -0.2) is 4.39 Å². The van der Waals surface area contributed by atoms with E-state index in [4.69, 9.17) is 4.74 Å². The first-order chi connectivity index (χ1) is 16.6. The van der Waals surface area contributed by atoms with Gasteiger partial charge in [0.25, 0.3) is 5.91 Å². The van der Waals surface area contributed by atoms with Crippen LogP contribution in [0.25, 0.3) is 0 Å². The summed E-state index contributed by atoms with van der Waals surface area (Å²) >= 11 is 0. The van der Waals surface area contributed by atoms with Crippen LogP contribution in [0.5, 0.6) is 5.75 Å². The Labute approximate surface area is 200 Å². The third kappa shape index (κ3) is 4.94. The van der Waals surface area contributed by atoms with Crippen molar-refractivity contribution < 1.29 is 18.7 Å². The molecule has 0 unspecified atom stereocenters. The summed E-state index contributed by atoms with van der Waals surface area (Å²) in [7, 11) is 0. The molecule has 1 N–H and O–H groups in total. The lowest BCUT2D eigenvalue weighted by molar-refractivity contribution is -0.121. The molecule has 5 rings (SSSR count). The number of ether oxygens (including phenoxy) is 1. The monoisotopic (exact) mass is 465 g/mol. The van der Waals surface area contributed by atoms with E-state index >= 15 is 0 Å². The first-order valence-corrected chi connectivity index (χ1v) is 12.4. The predicted molar refractivity (Wildman–Crippen MR) is 127 cm³/mol. The van der Waals surface area contributed by atoms with Crippen LogP contribution >= 0.6 is 0 Å². The number of benzene rings is 2. The molecule has 3 heterocycles. The van der Waals surface area contributed by atoms with Gasteiger partial charge in [-0.15, -0.1) is 0 Å². The number of amides is 2. The number of carbonyl (C=O) groups excluding carboxylic acids is 2. The number of nitrogens with one attached hydrogen (secondary N) is 1. The van der Waals surface area contributed by atoms with Gasteiger partial charge < -0.3 is 15.0 Å². The Morgan fingerprint density at radius 3 is 2.68 bits per heavy atom. The SMILES string of the molecule is O=C1CCC[C@H]2[C@@H](C[C@@H](c3ccc(F)cc3)N2C(=O)c2cccc(OCCN3CCCC3)c2)N1. The molecule has 3 fully saturated rings. The summed E-state index contributed by atoms with van der Waals surface area (Å²) in [5, 5.41) is 3.12. The van der Waals surface area contributed by atoms with Crippen molar-refractivity contribution in [1.82, 2.24) is 15.1 Å². The zero-order valence-electron chi connectivity index (χ0n) is 19.4. The minimum absolute atomic E-state index is 0.0352. The topological polar surface area (TPSA) is 61.9 Å². The van der Waals surface area contributed by atoms with E-state index < -0.39 is 0 Å². The van der Waals surface area contributed by atoms with Gasteiger partial charge in [0.1, 0.15) is 18.2 Å². The molecule has 0 spiro atoms. The fraction of sp³-hybridized carbons (Fsp3) is 0.481. The molecule has 7 heteroatoms. The molecule has 0 radical (unpaired) electrons. The average molecular weight is 466 g/mol. The third-order valence-electron chi connectivity index (χ3n) is 7.33. The van der Waals surface area contributed by atoms with Crippen LogP contribution in [0.15, 0.2) is 48.5 Å². The molecule has 2 aromatic rings. The van der Waals surface area contributed by atoms with E-state index in [9.17, 15) is 14.0 Å². The van der Waals surface area contributed by atoms with Crippen molar-refractivity contribution in [2.75, 3.05) is 26.2 Å². The number of rotatable bonds is 6. The molecule has 0 bridgehead atoms. The van der Waals surface area contributed by atoms with Crippen LogP contribution in [0.2, 0.25) is 0 Å². The van der Waals surface area contributed by atoms with Gasteiger partial charge in [0.15, 0.2) is 0 Å². The Kier molecular flexibility index (Phi) is 6.81. The largest absolute Gasteiger partial charge is 0.492 e. The zero-order chi connectivity index (χ0) is 23.5. The van der Waals surface area contributed by atoms with Crippen molar-refractivity contribution in [3.05, 3.63) is 65.5 Å². The summed E-state index contributed by atoms with van der Waals surface area (Å²) in [6, 6.07) is 13.3. The van der Waals surface area contributed by atoms with Gasteiger partial charge in [0.05, 0.1) is 18.1 Å². The van der Waals surface area contributed by atoms with Gasteiger partial charge in [-0.2, -0.15) is 0 Å². The quantitative estimate of drug-likeness (QED) is 0.703. The van der Waals surface area contributed by atoms with Crippen molar-refractivity contribution >= 4 is 11.8 Å². The van der Waals surface area contributed by atoms with E-state index in [1.54, 1.807) is 12.1 Å². The van der Waals surface area contributed by atoms with Crippen LogP contribution in [-0.4, -0.2) is 59.9 Å². The van der Waals surface area contributed by atoms with Crippen LogP contribution in [0.3, 0.4) is 0 Å². The molecular formula is C27H32FN3O3. The van der Waals surface area contributed by atoms with Gasteiger partial charge in [-0.3, -0.25) is 14.5 Å². The Morgan fingerprint density at radius 2 is 1.88 bits per heavy atom. The molecule has 2 aromatic carbocycles. The highest BCUT2D eigenvalue weighted by atomic mass is 19.1.